The van der Waals surface area contributed by atoms with Crippen LogP contribution in [0, 0.1) is 15.9 Å². The van der Waals surface area contributed by atoms with E-state index in [0.29, 0.717) is 9.79 Å². The van der Waals surface area contributed by atoms with Crippen LogP contribution in [0.5, 0.6) is 0 Å². The molecule has 2 rings (SSSR count). The van der Waals surface area contributed by atoms with Crippen LogP contribution in [0.3, 0.4) is 0 Å². The number of hydrogen-bond donors (Lipinski definition) is 1. The molecule has 7 heteroatoms. The Morgan fingerprint density at radius 2 is 1.90 bits per heavy atom. The molecule has 0 atom stereocenters. The van der Waals surface area contributed by atoms with Gasteiger partial charge in [-0.15, -0.1) is 0 Å². The third kappa shape index (κ3) is 3.12. The van der Waals surface area contributed by atoms with Gasteiger partial charge < -0.3 is 5.11 Å². The summed E-state index contributed by atoms with van der Waals surface area (Å²) in [4.78, 5) is 22.0. The fourth-order valence-corrected chi connectivity index (χ4v) is 2.47. The molecule has 0 radical (unpaired) electrons. The summed E-state index contributed by atoms with van der Waals surface area (Å²) in [6.45, 7) is 0. The van der Waals surface area contributed by atoms with E-state index in [1.165, 1.54) is 36.4 Å². The van der Waals surface area contributed by atoms with E-state index in [0.717, 1.165) is 11.8 Å². The first kappa shape index (κ1) is 14.0. The number of nitro groups is 1. The lowest BCUT2D eigenvalue weighted by molar-refractivity contribution is -0.385. The van der Waals surface area contributed by atoms with E-state index in [1.807, 2.05) is 0 Å². The van der Waals surface area contributed by atoms with E-state index in [-0.39, 0.29) is 5.56 Å². The lowest BCUT2D eigenvalue weighted by Gasteiger charge is -2.03. The normalized spacial score (nSPS) is 10.2. The van der Waals surface area contributed by atoms with Gasteiger partial charge in [-0.05, 0) is 30.3 Å². The number of carboxylic acids is 1. The van der Waals surface area contributed by atoms with Crippen LogP contribution in [0.25, 0.3) is 0 Å². The molecule has 0 bridgehead atoms. The van der Waals surface area contributed by atoms with Gasteiger partial charge in [0.2, 0.25) is 0 Å². The molecule has 5 nitrogen and oxygen atoms in total. The Kier molecular flexibility index (Phi) is 3.99. The van der Waals surface area contributed by atoms with Gasteiger partial charge in [-0.25, -0.2) is 9.18 Å². The van der Waals surface area contributed by atoms with Crippen LogP contribution >= 0.6 is 11.8 Å². The minimum Gasteiger partial charge on any atom is -0.477 e. The predicted molar refractivity (Wildman–Crippen MR) is 70.6 cm³/mol. The van der Waals surface area contributed by atoms with Gasteiger partial charge in [-0.2, -0.15) is 0 Å². The monoisotopic (exact) mass is 293 g/mol. The minimum absolute atomic E-state index is 0.376. The van der Waals surface area contributed by atoms with Crippen molar-refractivity contribution in [1.82, 2.24) is 0 Å². The van der Waals surface area contributed by atoms with E-state index in [4.69, 9.17) is 5.11 Å². The lowest BCUT2D eigenvalue weighted by Crippen LogP contribution is -2.02. The molecule has 102 valence electrons. The lowest BCUT2D eigenvalue weighted by atomic mass is 10.2. The molecular formula is C13H8FNO4S. The average Bonchev–Trinajstić information content (AvgIpc) is 2.38. The van der Waals surface area contributed by atoms with Crippen molar-refractivity contribution in [2.75, 3.05) is 0 Å². The van der Waals surface area contributed by atoms with Crippen molar-refractivity contribution in [2.24, 2.45) is 0 Å². The Morgan fingerprint density at radius 1 is 1.20 bits per heavy atom. The molecule has 0 aliphatic rings. The van der Waals surface area contributed by atoms with Crippen LogP contribution in [-0.4, -0.2) is 16.0 Å². The second-order valence-corrected chi connectivity index (χ2v) is 4.95. The highest BCUT2D eigenvalue weighted by atomic mass is 32.2. The largest absolute Gasteiger partial charge is 0.477 e. The minimum atomic E-state index is -1.36. The molecule has 0 spiro atoms. The fourth-order valence-electron chi connectivity index (χ4n) is 1.57. The van der Waals surface area contributed by atoms with E-state index < -0.39 is 22.4 Å². The van der Waals surface area contributed by atoms with Crippen molar-refractivity contribution >= 4 is 23.4 Å². The Bertz CT molecular complexity index is 690. The molecule has 1 N–H and O–H groups in total. The van der Waals surface area contributed by atoms with E-state index in [2.05, 4.69) is 0 Å². The van der Waals surface area contributed by atoms with Crippen LogP contribution in [0.15, 0.2) is 52.3 Å². The van der Waals surface area contributed by atoms with Gasteiger partial charge in [0, 0.05) is 15.9 Å². The zero-order chi connectivity index (χ0) is 14.7. The van der Waals surface area contributed by atoms with Crippen molar-refractivity contribution in [3.63, 3.8) is 0 Å². The van der Waals surface area contributed by atoms with Gasteiger partial charge in [-0.3, -0.25) is 10.1 Å². The SMILES string of the molecule is O=C(O)c1ccc(Sc2cccc(F)c2)cc1[N+](=O)[O-]. The van der Waals surface area contributed by atoms with Crippen LogP contribution in [0.4, 0.5) is 10.1 Å². The Morgan fingerprint density at radius 3 is 2.50 bits per heavy atom. The van der Waals surface area contributed by atoms with Crippen LogP contribution in [-0.2, 0) is 0 Å². The summed E-state index contributed by atoms with van der Waals surface area (Å²) >= 11 is 1.12. The number of nitro benzene ring substituents is 1. The summed E-state index contributed by atoms with van der Waals surface area (Å²) in [5.41, 5.74) is -0.863. The molecule has 0 heterocycles. The van der Waals surface area contributed by atoms with Crippen molar-refractivity contribution < 1.29 is 19.2 Å². The molecule has 0 aliphatic carbocycles. The number of halogens is 1. The molecule has 0 saturated heterocycles. The van der Waals surface area contributed by atoms with Crippen molar-refractivity contribution in [1.29, 1.82) is 0 Å². The highest BCUT2D eigenvalue weighted by Crippen LogP contribution is 2.32. The van der Waals surface area contributed by atoms with Crippen molar-refractivity contribution in [2.45, 2.75) is 9.79 Å². The Balaban J connectivity index is 2.36. The number of carboxylic acid groups (broad SMARTS) is 1. The third-order valence-electron chi connectivity index (χ3n) is 2.43. The zero-order valence-corrected chi connectivity index (χ0v) is 10.8. The maximum absolute atomic E-state index is 13.0. The molecule has 0 saturated carbocycles. The third-order valence-corrected chi connectivity index (χ3v) is 3.41. The predicted octanol–water partition coefficient (Wildman–Crippen LogP) is 3.58. The van der Waals surface area contributed by atoms with Gasteiger partial charge >= 0.3 is 5.97 Å². The molecule has 0 aliphatic heterocycles. The van der Waals surface area contributed by atoms with Crippen molar-refractivity contribution in [3.05, 3.63) is 64.0 Å². The zero-order valence-electron chi connectivity index (χ0n) is 9.95. The second-order valence-electron chi connectivity index (χ2n) is 3.80. The average molecular weight is 293 g/mol. The first-order chi connectivity index (χ1) is 9.47. The van der Waals surface area contributed by atoms with Gasteiger partial charge in [0.15, 0.2) is 0 Å². The highest BCUT2D eigenvalue weighted by molar-refractivity contribution is 7.99. The van der Waals surface area contributed by atoms with Crippen LogP contribution in [0.2, 0.25) is 0 Å². The number of benzene rings is 2. The molecule has 0 fully saturated rings. The maximum atomic E-state index is 13.0. The summed E-state index contributed by atoms with van der Waals surface area (Å²) in [6, 6.07) is 9.55. The second kappa shape index (κ2) is 5.70. The smallest absolute Gasteiger partial charge is 0.342 e. The Hall–Kier alpha value is -2.41. The fraction of sp³-hybridized carbons (Fsp3) is 0. The molecular weight excluding hydrogens is 285 g/mol. The standard InChI is InChI=1S/C13H8FNO4S/c14-8-2-1-3-9(6-8)20-10-4-5-11(13(16)17)12(7-10)15(18)19/h1-7H,(H,16,17). The first-order valence-corrected chi connectivity index (χ1v) is 6.24. The Labute approximate surface area is 117 Å². The molecule has 0 unspecified atom stereocenters. The number of aromatic carboxylic acids is 1. The highest BCUT2D eigenvalue weighted by Gasteiger charge is 2.20. The number of rotatable bonds is 4. The summed E-state index contributed by atoms with van der Waals surface area (Å²) in [5.74, 6) is -1.77. The van der Waals surface area contributed by atoms with E-state index in [1.54, 1.807) is 6.07 Å². The quantitative estimate of drug-likeness (QED) is 0.688. The summed E-state index contributed by atoms with van der Waals surface area (Å²) < 4.78 is 13.0. The number of carbonyl (C=O) groups is 1. The molecule has 0 amide bonds. The van der Waals surface area contributed by atoms with Crippen molar-refractivity contribution in [3.8, 4) is 0 Å². The molecule has 2 aromatic rings. The number of hydrogen-bond acceptors (Lipinski definition) is 4. The summed E-state index contributed by atoms with van der Waals surface area (Å²) in [7, 11) is 0. The van der Waals surface area contributed by atoms with Gasteiger partial charge in [0.05, 0.1) is 4.92 Å². The first-order valence-electron chi connectivity index (χ1n) is 5.42. The maximum Gasteiger partial charge on any atom is 0.342 e. The topological polar surface area (TPSA) is 80.4 Å². The van der Waals surface area contributed by atoms with Crippen LogP contribution in [0.1, 0.15) is 10.4 Å². The summed E-state index contributed by atoms with van der Waals surface area (Å²) in [6.07, 6.45) is 0. The van der Waals surface area contributed by atoms with Crippen LogP contribution < -0.4 is 0 Å². The molecule has 0 aromatic heterocycles. The van der Waals surface area contributed by atoms with E-state index >= 15 is 0 Å². The molecule has 2 aromatic carbocycles. The van der Waals surface area contributed by atoms with Gasteiger partial charge in [-0.1, -0.05) is 17.8 Å². The van der Waals surface area contributed by atoms with Gasteiger partial charge in [0.1, 0.15) is 11.4 Å². The molecule has 20 heavy (non-hydrogen) atoms. The van der Waals surface area contributed by atoms with E-state index in [9.17, 15) is 19.3 Å². The summed E-state index contributed by atoms with van der Waals surface area (Å²) in [5, 5.41) is 19.7. The number of nitrogens with zero attached hydrogens (tertiary/aromatic N) is 1. The van der Waals surface area contributed by atoms with Gasteiger partial charge in [0.25, 0.3) is 5.69 Å².